The van der Waals surface area contributed by atoms with Crippen LogP contribution in [0.1, 0.15) is 28.7 Å². The summed E-state index contributed by atoms with van der Waals surface area (Å²) in [6, 6.07) is 0. The molecule has 5 nitrogen and oxygen atoms in total. The second-order valence-corrected chi connectivity index (χ2v) is 2.25. The van der Waals surface area contributed by atoms with E-state index in [1.165, 1.54) is 0 Å². The van der Waals surface area contributed by atoms with Crippen molar-refractivity contribution in [1.29, 1.82) is 0 Å². The summed E-state index contributed by atoms with van der Waals surface area (Å²) >= 11 is 0. The molecule has 1 aromatic heterocycles. The normalized spacial score (nSPS) is 10.2. The van der Waals surface area contributed by atoms with Crippen molar-refractivity contribution in [2.75, 3.05) is 0 Å². The molecule has 1 heterocycles. The molecule has 1 aromatic rings. The van der Waals surface area contributed by atoms with Gasteiger partial charge in [0, 0.05) is 6.42 Å². The van der Waals surface area contributed by atoms with Crippen LogP contribution in [0.3, 0.4) is 0 Å². The summed E-state index contributed by atoms with van der Waals surface area (Å²) < 4.78 is 4.71. The predicted molar refractivity (Wildman–Crippen MR) is 38.8 cm³/mol. The first-order valence-corrected chi connectivity index (χ1v) is 3.52. The van der Waals surface area contributed by atoms with E-state index in [2.05, 4.69) is 5.16 Å². The molecule has 2 N–H and O–H groups in total. The fraction of sp³-hybridized carbons (Fsp3) is 0.429. The number of aromatic nitrogens is 1. The van der Waals surface area contributed by atoms with Crippen molar-refractivity contribution in [1.82, 2.24) is 5.16 Å². The van der Waals surface area contributed by atoms with E-state index in [0.717, 1.165) is 0 Å². The number of aliphatic hydroxyl groups is 1. The largest absolute Gasteiger partial charge is 0.476 e. The zero-order valence-corrected chi connectivity index (χ0v) is 6.57. The average molecular weight is 171 g/mol. The number of aliphatic hydroxyl groups excluding tert-OH is 1. The molecule has 1 rings (SSSR count). The van der Waals surface area contributed by atoms with E-state index in [0.29, 0.717) is 12.2 Å². The molecule has 0 aliphatic rings. The molecule has 66 valence electrons. The summed E-state index contributed by atoms with van der Waals surface area (Å²) in [6.45, 7) is 1.44. The Labute approximate surface area is 68.6 Å². The number of rotatable bonds is 3. The van der Waals surface area contributed by atoms with Gasteiger partial charge < -0.3 is 14.7 Å². The molecule has 0 amide bonds. The Balaban J connectivity index is 3.13. The quantitative estimate of drug-likeness (QED) is 0.688. The van der Waals surface area contributed by atoms with Crippen LogP contribution in [0.15, 0.2) is 4.52 Å². The van der Waals surface area contributed by atoms with Crippen LogP contribution in [0.25, 0.3) is 0 Å². The van der Waals surface area contributed by atoms with Gasteiger partial charge in [-0.2, -0.15) is 0 Å². The third-order valence-corrected chi connectivity index (χ3v) is 1.55. The number of aryl methyl sites for hydroxylation is 1. The highest BCUT2D eigenvalue weighted by Gasteiger charge is 2.18. The van der Waals surface area contributed by atoms with Gasteiger partial charge in [0.05, 0.1) is 12.2 Å². The maximum absolute atomic E-state index is 10.5. The third kappa shape index (κ3) is 1.31. The van der Waals surface area contributed by atoms with Gasteiger partial charge in [0.25, 0.3) is 0 Å². The Morgan fingerprint density at radius 1 is 1.67 bits per heavy atom. The van der Waals surface area contributed by atoms with Gasteiger partial charge in [-0.25, -0.2) is 4.79 Å². The molecular weight excluding hydrogens is 162 g/mol. The van der Waals surface area contributed by atoms with Gasteiger partial charge in [0.2, 0.25) is 0 Å². The lowest BCUT2D eigenvalue weighted by atomic mass is 10.2. The first-order chi connectivity index (χ1) is 5.70. The molecule has 12 heavy (non-hydrogen) atoms. The number of nitrogens with zero attached hydrogens (tertiary/aromatic N) is 1. The van der Waals surface area contributed by atoms with Gasteiger partial charge in [-0.15, -0.1) is 0 Å². The maximum Gasteiger partial charge on any atom is 0.358 e. The van der Waals surface area contributed by atoms with E-state index in [9.17, 15) is 4.79 Å². The number of carbonyl (C=O) groups is 1. The van der Waals surface area contributed by atoms with Crippen molar-refractivity contribution in [2.45, 2.75) is 20.0 Å². The van der Waals surface area contributed by atoms with Crippen molar-refractivity contribution in [3.05, 3.63) is 17.0 Å². The molecule has 0 spiro atoms. The molecule has 0 atom stereocenters. The van der Waals surface area contributed by atoms with Crippen molar-refractivity contribution in [3.8, 4) is 0 Å². The molecule has 0 radical (unpaired) electrons. The number of aromatic carboxylic acids is 1. The van der Waals surface area contributed by atoms with E-state index in [1.807, 2.05) is 0 Å². The fourth-order valence-corrected chi connectivity index (χ4v) is 0.952. The summed E-state index contributed by atoms with van der Waals surface area (Å²) in [4.78, 5) is 10.5. The lowest BCUT2D eigenvalue weighted by molar-refractivity contribution is 0.0682. The molecule has 5 heteroatoms. The van der Waals surface area contributed by atoms with E-state index in [1.54, 1.807) is 6.92 Å². The van der Waals surface area contributed by atoms with E-state index >= 15 is 0 Å². The average Bonchev–Trinajstić information content (AvgIpc) is 2.46. The molecule has 0 aliphatic carbocycles. The standard InChI is InChI=1S/C7H9NO4/c1-2-5-4(3-9)6(7(10)11)8-12-5/h9H,2-3H2,1H3,(H,10,11). The molecule has 0 aliphatic heterocycles. The van der Waals surface area contributed by atoms with Crippen molar-refractivity contribution in [2.24, 2.45) is 0 Å². The molecule has 0 unspecified atom stereocenters. The predicted octanol–water partition coefficient (Wildman–Crippen LogP) is 0.428. The zero-order valence-electron chi connectivity index (χ0n) is 6.57. The number of hydrogen-bond donors (Lipinski definition) is 2. The van der Waals surface area contributed by atoms with Gasteiger partial charge in [0.15, 0.2) is 5.69 Å². The van der Waals surface area contributed by atoms with Gasteiger partial charge in [-0.1, -0.05) is 12.1 Å². The van der Waals surface area contributed by atoms with Crippen LogP contribution in [-0.2, 0) is 13.0 Å². The highest BCUT2D eigenvalue weighted by Crippen LogP contribution is 2.14. The fourth-order valence-electron chi connectivity index (χ4n) is 0.952. The Hall–Kier alpha value is -1.36. The number of hydrogen-bond acceptors (Lipinski definition) is 4. The Morgan fingerprint density at radius 3 is 2.75 bits per heavy atom. The minimum Gasteiger partial charge on any atom is -0.476 e. The lowest BCUT2D eigenvalue weighted by Gasteiger charge is -1.92. The maximum atomic E-state index is 10.5. The van der Waals surface area contributed by atoms with Gasteiger partial charge in [-0.05, 0) is 0 Å². The van der Waals surface area contributed by atoms with Crippen molar-refractivity contribution in [3.63, 3.8) is 0 Å². The van der Waals surface area contributed by atoms with Gasteiger partial charge >= 0.3 is 5.97 Å². The van der Waals surface area contributed by atoms with Crippen LogP contribution in [0.4, 0.5) is 0 Å². The SMILES string of the molecule is CCc1onc(C(=O)O)c1CO. The Bertz CT molecular complexity index is 292. The molecule has 0 aromatic carbocycles. The van der Waals surface area contributed by atoms with Crippen molar-refractivity contribution < 1.29 is 19.5 Å². The third-order valence-electron chi connectivity index (χ3n) is 1.55. The highest BCUT2D eigenvalue weighted by molar-refractivity contribution is 5.87. The summed E-state index contributed by atoms with van der Waals surface area (Å²) in [5, 5.41) is 20.7. The minimum atomic E-state index is -1.18. The Kier molecular flexibility index (Phi) is 2.44. The summed E-state index contributed by atoms with van der Waals surface area (Å²) in [5.74, 6) is -0.752. The first-order valence-electron chi connectivity index (χ1n) is 3.52. The number of carboxylic acids is 1. The monoisotopic (exact) mass is 171 g/mol. The Morgan fingerprint density at radius 2 is 2.33 bits per heavy atom. The van der Waals surface area contributed by atoms with E-state index in [4.69, 9.17) is 14.7 Å². The van der Waals surface area contributed by atoms with Gasteiger partial charge in [-0.3, -0.25) is 0 Å². The van der Waals surface area contributed by atoms with E-state index in [-0.39, 0.29) is 17.9 Å². The van der Waals surface area contributed by atoms with Crippen LogP contribution in [0.5, 0.6) is 0 Å². The van der Waals surface area contributed by atoms with Crippen LogP contribution in [0.2, 0.25) is 0 Å². The van der Waals surface area contributed by atoms with Crippen LogP contribution >= 0.6 is 0 Å². The molecular formula is C7H9NO4. The topological polar surface area (TPSA) is 83.6 Å². The van der Waals surface area contributed by atoms with E-state index < -0.39 is 5.97 Å². The summed E-state index contributed by atoms with van der Waals surface area (Å²) in [5.41, 5.74) is 0.0688. The smallest absolute Gasteiger partial charge is 0.358 e. The molecule has 0 saturated heterocycles. The zero-order chi connectivity index (χ0) is 9.14. The van der Waals surface area contributed by atoms with Gasteiger partial charge in [0.1, 0.15) is 5.76 Å². The van der Waals surface area contributed by atoms with Crippen LogP contribution in [0, 0.1) is 0 Å². The van der Waals surface area contributed by atoms with Crippen LogP contribution < -0.4 is 0 Å². The summed E-state index contributed by atoms with van der Waals surface area (Å²) in [7, 11) is 0. The van der Waals surface area contributed by atoms with Crippen LogP contribution in [-0.4, -0.2) is 21.3 Å². The number of carboxylic acid groups (broad SMARTS) is 1. The second-order valence-electron chi connectivity index (χ2n) is 2.25. The second kappa shape index (κ2) is 3.36. The first kappa shape index (κ1) is 8.73. The summed E-state index contributed by atoms with van der Waals surface area (Å²) in [6.07, 6.45) is 0.524. The molecule has 0 fully saturated rings. The molecule has 0 bridgehead atoms. The highest BCUT2D eigenvalue weighted by atomic mass is 16.5. The van der Waals surface area contributed by atoms with Crippen molar-refractivity contribution >= 4 is 5.97 Å². The lowest BCUT2D eigenvalue weighted by Crippen LogP contribution is -2.02. The molecule has 0 saturated carbocycles. The minimum absolute atomic E-state index is 0.200.